The van der Waals surface area contributed by atoms with Gasteiger partial charge in [-0.1, -0.05) is 35.4 Å². The second-order valence-electron chi connectivity index (χ2n) is 7.01. The molecule has 9 heteroatoms. The molecular formula is C21H20ClN5O2S. The number of aryl methyl sites for hydroxylation is 2. The van der Waals surface area contributed by atoms with E-state index in [2.05, 4.69) is 20.0 Å². The molecule has 0 bridgehead atoms. The molecule has 0 spiro atoms. The van der Waals surface area contributed by atoms with Crippen molar-refractivity contribution < 1.29 is 8.42 Å². The van der Waals surface area contributed by atoms with Gasteiger partial charge in [0.2, 0.25) is 0 Å². The maximum Gasteiger partial charge on any atom is 0.276 e. The number of nitrogens with zero attached hydrogens (tertiary/aromatic N) is 4. The number of hydrazone groups is 1. The average molecular weight is 442 g/mol. The van der Waals surface area contributed by atoms with Crippen molar-refractivity contribution in [1.29, 1.82) is 0 Å². The number of rotatable bonds is 5. The predicted octanol–water partition coefficient (Wildman–Crippen LogP) is 3.74. The highest BCUT2D eigenvalue weighted by atomic mass is 35.5. The third-order valence-electron chi connectivity index (χ3n) is 4.88. The predicted molar refractivity (Wildman–Crippen MR) is 117 cm³/mol. The van der Waals surface area contributed by atoms with Crippen molar-refractivity contribution in [3.05, 3.63) is 76.7 Å². The van der Waals surface area contributed by atoms with Crippen molar-refractivity contribution in [1.82, 2.24) is 19.6 Å². The summed E-state index contributed by atoms with van der Waals surface area (Å²) in [4.78, 5) is 6.77. The molecule has 1 aliphatic rings. The number of halogens is 1. The molecule has 0 saturated heterocycles. The first kappa shape index (κ1) is 20.3. The summed E-state index contributed by atoms with van der Waals surface area (Å²) in [5, 5.41) is 9.05. The Bertz CT molecular complexity index is 1250. The Labute approximate surface area is 180 Å². The number of fused-ring (bicyclic) bond motifs is 1. The van der Waals surface area contributed by atoms with Crippen molar-refractivity contribution >= 4 is 32.9 Å². The Hall–Kier alpha value is -2.97. The molecule has 4 rings (SSSR count). The molecule has 2 aromatic heterocycles. The van der Waals surface area contributed by atoms with Crippen LogP contribution in [0.2, 0.25) is 0 Å². The Morgan fingerprint density at radius 1 is 1.13 bits per heavy atom. The van der Waals surface area contributed by atoms with Gasteiger partial charge in [0, 0.05) is 11.8 Å². The summed E-state index contributed by atoms with van der Waals surface area (Å²) in [5.41, 5.74) is 4.34. The van der Waals surface area contributed by atoms with Crippen molar-refractivity contribution in [3.8, 4) is 5.82 Å². The third-order valence-corrected chi connectivity index (χ3v) is 6.55. The quantitative estimate of drug-likeness (QED) is 0.482. The van der Waals surface area contributed by atoms with E-state index in [1.165, 1.54) is 6.21 Å². The molecule has 0 aliphatic heterocycles. The SMILES string of the molecule is Cc1ccc(S(=O)(=O)N/N=C\C2=C(Cl)c3c(C)nn(-c4ccccn4)c3CC2)cc1. The minimum absolute atomic E-state index is 0.156. The van der Waals surface area contributed by atoms with Gasteiger partial charge in [-0.2, -0.15) is 18.6 Å². The first-order valence-electron chi connectivity index (χ1n) is 9.37. The van der Waals surface area contributed by atoms with Crippen LogP contribution in [0.4, 0.5) is 0 Å². The maximum atomic E-state index is 12.4. The van der Waals surface area contributed by atoms with Crippen molar-refractivity contribution in [2.75, 3.05) is 0 Å². The molecule has 7 nitrogen and oxygen atoms in total. The molecular weight excluding hydrogens is 422 g/mol. The summed E-state index contributed by atoms with van der Waals surface area (Å²) in [5.74, 6) is 0.731. The Balaban J connectivity index is 1.60. The first-order chi connectivity index (χ1) is 14.4. The monoisotopic (exact) mass is 441 g/mol. The van der Waals surface area contributed by atoms with E-state index in [4.69, 9.17) is 11.6 Å². The maximum absolute atomic E-state index is 12.4. The van der Waals surface area contributed by atoms with E-state index >= 15 is 0 Å². The molecule has 3 aromatic rings. The van der Waals surface area contributed by atoms with Crippen LogP contribution in [0.1, 0.15) is 28.9 Å². The fourth-order valence-corrected chi connectivity index (χ4v) is 4.53. The lowest BCUT2D eigenvalue weighted by atomic mass is 9.96. The summed E-state index contributed by atoms with van der Waals surface area (Å²) in [7, 11) is -3.73. The number of nitrogens with one attached hydrogen (secondary N) is 1. The number of hydrogen-bond acceptors (Lipinski definition) is 5. The standard InChI is InChI=1S/C21H20ClN5O2S/c1-14-6-9-17(10-7-14)30(28,29)26-24-13-16-8-11-18-20(21(16)22)15(2)25-27(18)19-5-3-4-12-23-19/h3-7,9-10,12-13,26H,8,11H2,1-2H3/b24-13-. The second kappa shape index (κ2) is 8.04. The van der Waals surface area contributed by atoms with Crippen LogP contribution in [0.5, 0.6) is 0 Å². The lowest BCUT2D eigenvalue weighted by molar-refractivity contribution is 0.584. The lowest BCUT2D eigenvalue weighted by Crippen LogP contribution is -2.18. The highest BCUT2D eigenvalue weighted by molar-refractivity contribution is 7.89. The lowest BCUT2D eigenvalue weighted by Gasteiger charge is -2.16. The zero-order chi connectivity index (χ0) is 21.3. The zero-order valence-electron chi connectivity index (χ0n) is 16.5. The molecule has 154 valence electrons. The third kappa shape index (κ3) is 3.88. The molecule has 0 unspecified atom stereocenters. The highest BCUT2D eigenvalue weighted by Crippen LogP contribution is 2.36. The number of sulfonamides is 1. The van der Waals surface area contributed by atoms with Gasteiger partial charge in [-0.25, -0.2) is 14.5 Å². The van der Waals surface area contributed by atoms with Gasteiger partial charge in [0.1, 0.15) is 0 Å². The topological polar surface area (TPSA) is 89.2 Å². The van der Waals surface area contributed by atoms with Crippen molar-refractivity contribution in [3.63, 3.8) is 0 Å². The van der Waals surface area contributed by atoms with Crippen LogP contribution < -0.4 is 4.83 Å². The molecule has 0 amide bonds. The summed E-state index contributed by atoms with van der Waals surface area (Å²) in [6, 6.07) is 12.2. The Morgan fingerprint density at radius 3 is 2.60 bits per heavy atom. The van der Waals surface area contributed by atoms with Crippen LogP contribution in [0, 0.1) is 13.8 Å². The van der Waals surface area contributed by atoms with E-state index < -0.39 is 10.0 Å². The summed E-state index contributed by atoms with van der Waals surface area (Å²) in [6.45, 7) is 3.78. The number of allylic oxidation sites excluding steroid dienone is 1. The van der Waals surface area contributed by atoms with Crippen LogP contribution in [0.25, 0.3) is 10.9 Å². The van der Waals surface area contributed by atoms with Gasteiger partial charge < -0.3 is 0 Å². The number of pyridine rings is 1. The minimum atomic E-state index is -3.73. The summed E-state index contributed by atoms with van der Waals surface area (Å²) >= 11 is 6.64. The van der Waals surface area contributed by atoms with Crippen LogP contribution in [0.15, 0.2) is 64.2 Å². The molecule has 30 heavy (non-hydrogen) atoms. The highest BCUT2D eigenvalue weighted by Gasteiger charge is 2.25. The van der Waals surface area contributed by atoms with E-state index in [0.29, 0.717) is 17.9 Å². The largest absolute Gasteiger partial charge is 0.276 e. The molecule has 1 aromatic carbocycles. The fraction of sp³-hybridized carbons (Fsp3) is 0.190. The van der Waals surface area contributed by atoms with Gasteiger partial charge in [0.05, 0.1) is 27.5 Å². The van der Waals surface area contributed by atoms with Gasteiger partial charge in [-0.3, -0.25) is 0 Å². The van der Waals surface area contributed by atoms with Crippen LogP contribution in [-0.4, -0.2) is 29.4 Å². The molecule has 0 saturated carbocycles. The van der Waals surface area contributed by atoms with E-state index in [1.807, 2.05) is 32.0 Å². The van der Waals surface area contributed by atoms with E-state index in [1.54, 1.807) is 35.1 Å². The summed E-state index contributed by atoms with van der Waals surface area (Å²) in [6.07, 6.45) is 4.49. The van der Waals surface area contributed by atoms with E-state index in [-0.39, 0.29) is 4.90 Å². The van der Waals surface area contributed by atoms with Crippen LogP contribution in [-0.2, 0) is 16.4 Å². The van der Waals surface area contributed by atoms with Gasteiger partial charge in [0.25, 0.3) is 10.0 Å². The van der Waals surface area contributed by atoms with Crippen molar-refractivity contribution in [2.45, 2.75) is 31.6 Å². The molecule has 0 fully saturated rings. The molecule has 0 atom stereocenters. The zero-order valence-corrected chi connectivity index (χ0v) is 18.1. The summed E-state index contributed by atoms with van der Waals surface area (Å²) < 4.78 is 26.6. The second-order valence-corrected chi connectivity index (χ2v) is 9.05. The van der Waals surface area contributed by atoms with Gasteiger partial charge in [-0.15, -0.1) is 0 Å². The average Bonchev–Trinajstić information content (AvgIpc) is 3.08. The first-order valence-corrected chi connectivity index (χ1v) is 11.2. The fourth-order valence-electron chi connectivity index (χ4n) is 3.35. The normalized spacial score (nSPS) is 14.2. The van der Waals surface area contributed by atoms with Gasteiger partial charge in [-0.05, 0) is 56.5 Å². The molecule has 1 aliphatic carbocycles. The van der Waals surface area contributed by atoms with Crippen LogP contribution >= 0.6 is 11.6 Å². The molecule has 0 radical (unpaired) electrons. The van der Waals surface area contributed by atoms with E-state index in [9.17, 15) is 8.42 Å². The smallest absolute Gasteiger partial charge is 0.237 e. The van der Waals surface area contributed by atoms with E-state index in [0.717, 1.165) is 33.9 Å². The number of aromatic nitrogens is 3. The minimum Gasteiger partial charge on any atom is -0.237 e. The molecule has 2 heterocycles. The van der Waals surface area contributed by atoms with Gasteiger partial charge in [0.15, 0.2) is 5.82 Å². The number of hydrogen-bond donors (Lipinski definition) is 1. The number of benzene rings is 1. The van der Waals surface area contributed by atoms with Gasteiger partial charge >= 0.3 is 0 Å². The van der Waals surface area contributed by atoms with Crippen LogP contribution in [0.3, 0.4) is 0 Å². The van der Waals surface area contributed by atoms with Crippen molar-refractivity contribution in [2.24, 2.45) is 5.10 Å². The Kier molecular flexibility index (Phi) is 5.44. The Morgan fingerprint density at radius 2 is 1.90 bits per heavy atom. The molecule has 1 N–H and O–H groups in total.